The molecule has 3 aliphatic rings. The van der Waals surface area contributed by atoms with Gasteiger partial charge in [0, 0.05) is 5.92 Å². The molecule has 17 heavy (non-hydrogen) atoms. The predicted octanol–water partition coefficient (Wildman–Crippen LogP) is 1.10. The first-order valence-corrected chi connectivity index (χ1v) is 6.23. The van der Waals surface area contributed by atoms with Crippen LogP contribution in [0.1, 0.15) is 19.8 Å². The van der Waals surface area contributed by atoms with Gasteiger partial charge in [-0.25, -0.2) is 0 Å². The normalized spacial score (nSPS) is 44.6. The van der Waals surface area contributed by atoms with Crippen molar-refractivity contribution >= 4 is 5.97 Å². The summed E-state index contributed by atoms with van der Waals surface area (Å²) in [6, 6.07) is 0. The van der Waals surface area contributed by atoms with Crippen LogP contribution < -0.4 is 0 Å². The van der Waals surface area contributed by atoms with Crippen LogP contribution in [0.4, 0.5) is 0 Å². The maximum atomic E-state index is 11.6. The van der Waals surface area contributed by atoms with Gasteiger partial charge in [0.15, 0.2) is 6.29 Å². The lowest BCUT2D eigenvalue weighted by Gasteiger charge is -2.30. The lowest BCUT2D eigenvalue weighted by atomic mass is 9.80. The fraction of sp³-hybridized carbons (Fsp3) is 0.769. The molecule has 1 aliphatic heterocycles. The van der Waals surface area contributed by atoms with Crippen molar-refractivity contribution in [1.29, 1.82) is 0 Å². The van der Waals surface area contributed by atoms with Crippen molar-refractivity contribution in [2.24, 2.45) is 23.7 Å². The number of esters is 1. The molecule has 6 unspecified atom stereocenters. The van der Waals surface area contributed by atoms with Gasteiger partial charge in [-0.1, -0.05) is 6.58 Å². The molecule has 3 rings (SSSR count). The molecule has 94 valence electrons. The van der Waals surface area contributed by atoms with Crippen molar-refractivity contribution in [2.45, 2.75) is 32.2 Å². The molecule has 2 bridgehead atoms. The highest BCUT2D eigenvalue weighted by atomic mass is 16.6. The first-order chi connectivity index (χ1) is 8.08. The molecular weight excluding hydrogens is 220 g/mol. The summed E-state index contributed by atoms with van der Waals surface area (Å²) in [7, 11) is 0. The molecule has 1 heterocycles. The maximum Gasteiger partial charge on any atom is 0.309 e. The first kappa shape index (κ1) is 11.2. The SMILES string of the molecule is C=C(C)C(O)OC1CC2CC1C1COC(=O)C21. The van der Waals surface area contributed by atoms with Crippen LogP contribution in [-0.4, -0.2) is 30.1 Å². The van der Waals surface area contributed by atoms with Crippen LogP contribution in [0.5, 0.6) is 0 Å². The Morgan fingerprint density at radius 3 is 3.00 bits per heavy atom. The van der Waals surface area contributed by atoms with E-state index in [9.17, 15) is 9.90 Å². The van der Waals surface area contributed by atoms with Gasteiger partial charge in [0.1, 0.15) is 0 Å². The van der Waals surface area contributed by atoms with E-state index in [4.69, 9.17) is 9.47 Å². The summed E-state index contributed by atoms with van der Waals surface area (Å²) >= 11 is 0. The maximum absolute atomic E-state index is 11.6. The molecule has 2 saturated carbocycles. The molecular formula is C13H18O4. The summed E-state index contributed by atoms with van der Waals surface area (Å²) < 4.78 is 10.8. The van der Waals surface area contributed by atoms with Crippen molar-refractivity contribution in [2.75, 3.05) is 6.61 Å². The zero-order valence-electron chi connectivity index (χ0n) is 9.96. The molecule has 0 spiro atoms. The summed E-state index contributed by atoms with van der Waals surface area (Å²) in [5.41, 5.74) is 0.628. The van der Waals surface area contributed by atoms with Crippen LogP contribution >= 0.6 is 0 Å². The minimum absolute atomic E-state index is 0.0265. The minimum atomic E-state index is -0.879. The van der Waals surface area contributed by atoms with Crippen molar-refractivity contribution < 1.29 is 19.4 Å². The van der Waals surface area contributed by atoms with E-state index in [2.05, 4.69) is 6.58 Å². The number of carbonyl (C=O) groups excluding carboxylic acids is 1. The van der Waals surface area contributed by atoms with Crippen molar-refractivity contribution in [1.82, 2.24) is 0 Å². The van der Waals surface area contributed by atoms with Crippen LogP contribution in [0, 0.1) is 23.7 Å². The number of rotatable bonds is 3. The van der Waals surface area contributed by atoms with Gasteiger partial charge in [0.05, 0.1) is 18.6 Å². The predicted molar refractivity (Wildman–Crippen MR) is 59.8 cm³/mol. The van der Waals surface area contributed by atoms with Gasteiger partial charge in [-0.3, -0.25) is 4.79 Å². The highest BCUT2D eigenvalue weighted by Gasteiger charge is 2.59. The van der Waals surface area contributed by atoms with Gasteiger partial charge in [0.25, 0.3) is 0 Å². The Labute approximate surface area is 101 Å². The van der Waals surface area contributed by atoms with Gasteiger partial charge in [-0.05, 0) is 37.2 Å². The standard InChI is InChI=1S/C13H18O4/c1-6(2)12(14)17-10-4-7-3-8(10)9-5-16-13(15)11(7)9/h7-12,14H,1,3-5H2,2H3. The molecule has 4 nitrogen and oxygen atoms in total. The van der Waals surface area contributed by atoms with Crippen LogP contribution in [0.3, 0.4) is 0 Å². The van der Waals surface area contributed by atoms with Crippen LogP contribution in [0.25, 0.3) is 0 Å². The van der Waals surface area contributed by atoms with Crippen molar-refractivity contribution in [3.8, 4) is 0 Å². The Balaban J connectivity index is 1.69. The number of aliphatic hydroxyl groups is 1. The largest absolute Gasteiger partial charge is 0.465 e. The van der Waals surface area contributed by atoms with Gasteiger partial charge < -0.3 is 14.6 Å². The average molecular weight is 238 g/mol. The summed E-state index contributed by atoms with van der Waals surface area (Å²) in [5, 5.41) is 9.69. The van der Waals surface area contributed by atoms with E-state index in [1.165, 1.54) is 0 Å². The van der Waals surface area contributed by atoms with E-state index in [-0.39, 0.29) is 18.0 Å². The molecule has 1 saturated heterocycles. The highest BCUT2D eigenvalue weighted by molar-refractivity contribution is 5.76. The fourth-order valence-electron chi connectivity index (χ4n) is 3.74. The fourth-order valence-corrected chi connectivity index (χ4v) is 3.74. The highest BCUT2D eigenvalue weighted by Crippen LogP contribution is 2.56. The Hall–Kier alpha value is -0.870. The first-order valence-electron chi connectivity index (χ1n) is 6.23. The third-order valence-corrected chi connectivity index (χ3v) is 4.52. The molecule has 2 aliphatic carbocycles. The number of carbonyl (C=O) groups is 1. The topological polar surface area (TPSA) is 55.8 Å². The molecule has 3 fully saturated rings. The number of fused-ring (bicyclic) bond motifs is 5. The van der Waals surface area contributed by atoms with Crippen LogP contribution in [0.2, 0.25) is 0 Å². The van der Waals surface area contributed by atoms with E-state index in [1.54, 1.807) is 6.92 Å². The average Bonchev–Trinajstić information content (AvgIpc) is 2.90. The Morgan fingerprint density at radius 2 is 2.29 bits per heavy atom. The van der Waals surface area contributed by atoms with Gasteiger partial charge in [-0.15, -0.1) is 0 Å². The second-order valence-electron chi connectivity index (χ2n) is 5.59. The lowest BCUT2D eigenvalue weighted by molar-refractivity contribution is -0.144. The van der Waals surface area contributed by atoms with E-state index in [0.717, 1.165) is 12.8 Å². The number of hydrogen-bond acceptors (Lipinski definition) is 4. The second kappa shape index (κ2) is 3.82. The van der Waals surface area contributed by atoms with Crippen LogP contribution in [0.15, 0.2) is 12.2 Å². The quantitative estimate of drug-likeness (QED) is 0.454. The summed E-state index contributed by atoms with van der Waals surface area (Å²) in [4.78, 5) is 11.6. The third-order valence-electron chi connectivity index (χ3n) is 4.52. The van der Waals surface area contributed by atoms with Gasteiger partial charge in [-0.2, -0.15) is 0 Å². The monoisotopic (exact) mass is 238 g/mol. The molecule has 0 radical (unpaired) electrons. The zero-order chi connectivity index (χ0) is 12.2. The molecule has 0 amide bonds. The van der Waals surface area contributed by atoms with Crippen molar-refractivity contribution in [3.05, 3.63) is 12.2 Å². The number of cyclic esters (lactones) is 1. The Morgan fingerprint density at radius 1 is 1.53 bits per heavy atom. The summed E-state index contributed by atoms with van der Waals surface area (Å²) in [6.07, 6.45) is 1.08. The third kappa shape index (κ3) is 1.62. The molecule has 0 aromatic heterocycles. The van der Waals surface area contributed by atoms with Gasteiger partial charge >= 0.3 is 5.97 Å². The summed E-state index contributed by atoms with van der Waals surface area (Å²) in [6.45, 7) is 5.97. The number of ether oxygens (including phenoxy) is 2. The molecule has 4 heteroatoms. The van der Waals surface area contributed by atoms with E-state index < -0.39 is 6.29 Å². The van der Waals surface area contributed by atoms with Crippen molar-refractivity contribution in [3.63, 3.8) is 0 Å². The molecule has 6 atom stereocenters. The van der Waals surface area contributed by atoms with Gasteiger partial charge in [0.2, 0.25) is 0 Å². The Kier molecular flexibility index (Phi) is 2.52. The minimum Gasteiger partial charge on any atom is -0.465 e. The lowest BCUT2D eigenvalue weighted by Crippen LogP contribution is -2.35. The molecule has 1 N–H and O–H groups in total. The Bertz CT molecular complexity index is 364. The molecule has 0 aromatic carbocycles. The van der Waals surface area contributed by atoms with E-state index in [0.29, 0.717) is 29.9 Å². The molecule has 0 aromatic rings. The van der Waals surface area contributed by atoms with Crippen LogP contribution in [-0.2, 0) is 14.3 Å². The van der Waals surface area contributed by atoms with E-state index in [1.807, 2.05) is 0 Å². The number of aliphatic hydroxyl groups excluding tert-OH is 1. The van der Waals surface area contributed by atoms with E-state index >= 15 is 0 Å². The smallest absolute Gasteiger partial charge is 0.309 e. The second-order valence-corrected chi connectivity index (χ2v) is 5.59. The number of hydrogen-bond donors (Lipinski definition) is 1. The zero-order valence-corrected chi connectivity index (χ0v) is 9.96. The summed E-state index contributed by atoms with van der Waals surface area (Å²) in [5.74, 6) is 1.14.